The number of benzene rings is 5. The van der Waals surface area contributed by atoms with Crippen molar-refractivity contribution in [3.8, 4) is 11.1 Å². The highest BCUT2D eigenvalue weighted by atomic mass is 16.5. The van der Waals surface area contributed by atoms with E-state index in [0.29, 0.717) is 37.5 Å². The van der Waals surface area contributed by atoms with Gasteiger partial charge in [0.2, 0.25) is 5.91 Å². The van der Waals surface area contributed by atoms with Gasteiger partial charge >= 0.3 is 12.2 Å². The zero-order valence-electron chi connectivity index (χ0n) is 36.5. The van der Waals surface area contributed by atoms with Crippen LogP contribution in [0.5, 0.6) is 0 Å². The molecule has 2 aliphatic heterocycles. The fourth-order valence-electron chi connectivity index (χ4n) is 9.57. The van der Waals surface area contributed by atoms with Crippen molar-refractivity contribution in [1.29, 1.82) is 0 Å². The van der Waals surface area contributed by atoms with E-state index in [1.165, 1.54) is 14.2 Å². The van der Waals surface area contributed by atoms with Crippen LogP contribution in [0.15, 0.2) is 91.0 Å². The van der Waals surface area contributed by atoms with Crippen molar-refractivity contribution in [3.05, 3.63) is 108 Å². The molecule has 2 saturated heterocycles. The number of H-pyrrole nitrogens is 2. The highest BCUT2D eigenvalue weighted by Crippen LogP contribution is 2.40. The van der Waals surface area contributed by atoms with Crippen LogP contribution in [0.25, 0.3) is 54.7 Å². The lowest BCUT2D eigenvalue weighted by molar-refractivity contribution is -0.136. The Morgan fingerprint density at radius 1 is 0.719 bits per heavy atom. The van der Waals surface area contributed by atoms with E-state index in [0.717, 1.165) is 73.4 Å². The van der Waals surface area contributed by atoms with Crippen LogP contribution in [0.4, 0.5) is 9.59 Å². The topological polar surface area (TPSA) is 184 Å². The van der Waals surface area contributed by atoms with Crippen molar-refractivity contribution in [2.45, 2.75) is 57.3 Å². The highest BCUT2D eigenvalue weighted by Gasteiger charge is 2.42. The molecular formula is C49H52N8O7. The molecule has 1 unspecified atom stereocenters. The number of likely N-dealkylation sites (tertiary alicyclic amines) is 2. The molecule has 2 aromatic heterocycles. The lowest BCUT2D eigenvalue weighted by atomic mass is 9.98. The normalized spacial score (nSPS) is 18.6. The molecule has 2 fully saturated rings. The second-order valence-electron chi connectivity index (χ2n) is 17.1. The Kier molecular flexibility index (Phi) is 11.7. The van der Waals surface area contributed by atoms with Crippen LogP contribution in [0, 0.1) is 11.8 Å². The molecule has 64 heavy (non-hydrogen) atoms. The number of amides is 4. The molecule has 2 aliphatic rings. The predicted molar refractivity (Wildman–Crippen MR) is 243 cm³/mol. The van der Waals surface area contributed by atoms with Crippen LogP contribution in [-0.4, -0.2) is 101 Å². The van der Waals surface area contributed by atoms with Gasteiger partial charge in [-0.2, -0.15) is 0 Å². The summed E-state index contributed by atoms with van der Waals surface area (Å²) >= 11 is 0. The van der Waals surface area contributed by atoms with Gasteiger partial charge in [-0.3, -0.25) is 9.59 Å². The molecule has 15 heteroatoms. The number of carbonyl (C=O) groups excluding carboxylic acids is 4. The van der Waals surface area contributed by atoms with Gasteiger partial charge in [0.1, 0.15) is 23.7 Å². The lowest BCUT2D eigenvalue weighted by Crippen LogP contribution is -2.51. The molecule has 0 spiro atoms. The Hall–Kier alpha value is -7.00. The van der Waals surface area contributed by atoms with Crippen molar-refractivity contribution < 1.29 is 33.4 Å². The largest absolute Gasteiger partial charge is 0.453 e. The second-order valence-corrected chi connectivity index (χ2v) is 17.1. The first kappa shape index (κ1) is 42.3. The summed E-state index contributed by atoms with van der Waals surface area (Å²) in [6.07, 6.45) is 0.925. The van der Waals surface area contributed by atoms with Crippen LogP contribution < -0.4 is 10.6 Å². The standard InChI is InChI=1S/C49H52N8O7/c1-27(2)40(54-48(60)63-4)46(58)56-21-9-12-38(56)44-50-36-19-15-32-23-30(13-17-34(32)42(36)52-44)31-14-18-35-33(24-31)16-20-37-43(35)53-45(51-37)39-22-28(26-62-3)25-57(39)47(59)41(55-49(61)64-5)29-10-7-6-8-11-29/h6-8,10-11,13-20,23-24,27-28,38-41H,9,12,21-22,25-26H2,1-5H3,(H,50,52)(H,51,53)(H,54,60)(H,55,61)/t28-,38-,39-,40?,41+/m0/s1. The first-order chi connectivity index (χ1) is 31.0. The second kappa shape index (κ2) is 17.6. The van der Waals surface area contributed by atoms with Gasteiger partial charge in [-0.1, -0.05) is 80.6 Å². The van der Waals surface area contributed by atoms with Crippen LogP contribution in [-0.2, 0) is 23.8 Å². The number of nitrogens with zero attached hydrogens (tertiary/aromatic N) is 4. The average molecular weight is 865 g/mol. The fourth-order valence-corrected chi connectivity index (χ4v) is 9.57. The molecule has 0 aliphatic carbocycles. The molecule has 7 aromatic rings. The summed E-state index contributed by atoms with van der Waals surface area (Å²) < 4.78 is 15.2. The molecular weight excluding hydrogens is 813 g/mol. The van der Waals surface area contributed by atoms with E-state index in [-0.39, 0.29) is 35.7 Å². The van der Waals surface area contributed by atoms with E-state index in [4.69, 9.17) is 24.2 Å². The SMILES string of the molecule is COC[C@H]1C[C@@H](c2nc3c(ccc4cc(-c5ccc6c(ccc7[nH]c([C@@H]8CCCN8C(=O)C(NC(=O)OC)C(C)C)nc76)c5)ccc43)[nH]2)N(C(=O)[C@H](NC(=O)OC)c2ccccc2)C1. The van der Waals surface area contributed by atoms with Gasteiger partial charge in [-0.25, -0.2) is 19.6 Å². The third kappa shape index (κ3) is 7.95. The number of alkyl carbamates (subject to hydrolysis) is 2. The van der Waals surface area contributed by atoms with E-state index >= 15 is 0 Å². The molecule has 15 nitrogen and oxygen atoms in total. The number of rotatable bonds is 11. The molecule has 5 aromatic carbocycles. The maximum atomic E-state index is 14.4. The number of nitrogens with one attached hydrogen (secondary N) is 4. The molecule has 4 N–H and O–H groups in total. The summed E-state index contributed by atoms with van der Waals surface area (Å²) in [5.41, 5.74) is 6.16. The molecule has 0 radical (unpaired) electrons. The van der Waals surface area contributed by atoms with Gasteiger partial charge in [0.25, 0.3) is 5.91 Å². The maximum Gasteiger partial charge on any atom is 0.407 e. The number of aromatic amines is 2. The minimum absolute atomic E-state index is 0.0725. The monoisotopic (exact) mass is 864 g/mol. The molecule has 0 bridgehead atoms. The first-order valence-electron chi connectivity index (χ1n) is 21.7. The summed E-state index contributed by atoms with van der Waals surface area (Å²) in [6, 6.07) is 27.9. The number of aromatic nitrogens is 4. The number of ether oxygens (including phenoxy) is 3. The quantitative estimate of drug-likeness (QED) is 0.0999. The van der Waals surface area contributed by atoms with Crippen LogP contribution in [0.1, 0.15) is 68.4 Å². The zero-order valence-corrected chi connectivity index (χ0v) is 36.5. The first-order valence-corrected chi connectivity index (χ1v) is 21.7. The van der Waals surface area contributed by atoms with Crippen molar-refractivity contribution >= 4 is 67.6 Å². The van der Waals surface area contributed by atoms with Gasteiger partial charge in [0.15, 0.2) is 0 Å². The average Bonchev–Trinajstić information content (AvgIpc) is 4.15. The Morgan fingerprint density at radius 2 is 1.31 bits per heavy atom. The van der Waals surface area contributed by atoms with Gasteiger partial charge in [0, 0.05) is 36.9 Å². The number of methoxy groups -OCH3 is 3. The Balaban J connectivity index is 0.988. The number of carbonyl (C=O) groups is 4. The fraction of sp³-hybridized carbons (Fsp3) is 0.347. The summed E-state index contributed by atoms with van der Waals surface area (Å²) in [7, 11) is 4.23. The minimum Gasteiger partial charge on any atom is -0.453 e. The van der Waals surface area contributed by atoms with Gasteiger partial charge in [-0.05, 0) is 76.9 Å². The Labute approximate surface area is 369 Å². The predicted octanol–water partition coefficient (Wildman–Crippen LogP) is 8.09. The molecule has 330 valence electrons. The van der Waals surface area contributed by atoms with E-state index in [9.17, 15) is 19.2 Å². The lowest BCUT2D eigenvalue weighted by Gasteiger charge is -2.29. The maximum absolute atomic E-state index is 14.4. The molecule has 9 rings (SSSR count). The van der Waals surface area contributed by atoms with Crippen molar-refractivity contribution in [2.75, 3.05) is 41.0 Å². The highest BCUT2D eigenvalue weighted by molar-refractivity contribution is 6.07. The van der Waals surface area contributed by atoms with Crippen molar-refractivity contribution in [3.63, 3.8) is 0 Å². The summed E-state index contributed by atoms with van der Waals surface area (Å²) in [4.78, 5) is 73.6. The Morgan fingerprint density at radius 3 is 1.89 bits per heavy atom. The van der Waals surface area contributed by atoms with Gasteiger partial charge in [0.05, 0.1) is 55.0 Å². The summed E-state index contributed by atoms with van der Waals surface area (Å²) in [5, 5.41) is 9.51. The third-order valence-electron chi connectivity index (χ3n) is 12.8. The van der Waals surface area contributed by atoms with Crippen LogP contribution in [0.2, 0.25) is 0 Å². The number of hydrogen-bond donors (Lipinski definition) is 4. The molecule has 4 amide bonds. The smallest absolute Gasteiger partial charge is 0.407 e. The number of imidazole rings is 2. The molecule has 0 saturated carbocycles. The van der Waals surface area contributed by atoms with Gasteiger partial charge < -0.3 is 44.6 Å². The van der Waals surface area contributed by atoms with E-state index in [1.807, 2.05) is 61.2 Å². The van der Waals surface area contributed by atoms with Crippen LogP contribution in [0.3, 0.4) is 0 Å². The number of fused-ring (bicyclic) bond motifs is 6. The van der Waals surface area contributed by atoms with E-state index in [1.54, 1.807) is 12.0 Å². The summed E-state index contributed by atoms with van der Waals surface area (Å²) in [6.45, 7) is 5.32. The van der Waals surface area contributed by atoms with Crippen LogP contribution >= 0.6 is 0 Å². The summed E-state index contributed by atoms with van der Waals surface area (Å²) in [5.74, 6) is 0.960. The van der Waals surface area contributed by atoms with E-state index < -0.39 is 24.3 Å². The van der Waals surface area contributed by atoms with E-state index in [2.05, 4.69) is 69.1 Å². The van der Waals surface area contributed by atoms with Crippen molar-refractivity contribution in [2.24, 2.45) is 11.8 Å². The zero-order chi connectivity index (χ0) is 44.6. The minimum atomic E-state index is -0.944. The van der Waals surface area contributed by atoms with Gasteiger partial charge in [-0.15, -0.1) is 0 Å². The molecule has 4 heterocycles. The third-order valence-corrected chi connectivity index (χ3v) is 12.8. The Bertz CT molecular complexity index is 2890. The molecule has 5 atom stereocenters. The van der Waals surface area contributed by atoms with Crippen molar-refractivity contribution in [1.82, 2.24) is 40.4 Å². The number of hydrogen-bond acceptors (Lipinski definition) is 9.